The average Bonchev–Trinajstić information content (AvgIpc) is 1.95. The van der Waals surface area contributed by atoms with Crippen LogP contribution in [0.25, 0.3) is 0 Å². The Balaban J connectivity index is 3.47. The number of carbonyl (C=O) groups is 1. The van der Waals surface area contributed by atoms with E-state index in [9.17, 15) is 4.79 Å². The summed E-state index contributed by atoms with van der Waals surface area (Å²) in [4.78, 5) is 28.4. The second-order valence-electron chi connectivity index (χ2n) is 2.70. The van der Waals surface area contributed by atoms with Gasteiger partial charge in [-0.15, -0.1) is 0 Å². The maximum atomic E-state index is 10.8. The molecule has 0 heterocycles. The van der Waals surface area contributed by atoms with E-state index in [-0.39, 0.29) is 13.2 Å². The van der Waals surface area contributed by atoms with E-state index < -0.39 is 13.9 Å². The summed E-state index contributed by atoms with van der Waals surface area (Å²) < 4.78 is 9.24. The molecule has 0 aromatic rings. The van der Waals surface area contributed by atoms with Crippen LogP contribution in [0.4, 0.5) is 0 Å². The quantitative estimate of drug-likeness (QED) is 0.294. The Hall–Kier alpha value is -0.480. The first-order valence-electron chi connectivity index (χ1n) is 3.74. The van der Waals surface area contributed by atoms with Crippen LogP contribution in [0.2, 0.25) is 0 Å². The molecule has 0 bridgehead atoms. The average molecular weight is 210 g/mol. The second-order valence-corrected chi connectivity index (χ2v) is 4.86. The van der Waals surface area contributed by atoms with Crippen LogP contribution in [0.1, 0.15) is 6.92 Å². The van der Waals surface area contributed by atoms with Gasteiger partial charge in [-0.25, -0.2) is 0 Å². The molecule has 6 heteroatoms. The van der Waals surface area contributed by atoms with E-state index in [4.69, 9.17) is 9.79 Å². The molecule has 0 aliphatic carbocycles. The summed E-state index contributed by atoms with van der Waals surface area (Å²) in [6, 6.07) is 0. The molecule has 5 nitrogen and oxygen atoms in total. The fourth-order valence-electron chi connectivity index (χ4n) is 0.493. The molecule has 0 fully saturated rings. The third-order valence-corrected chi connectivity index (χ3v) is 1.79. The second kappa shape index (κ2) is 5.29. The van der Waals surface area contributed by atoms with Crippen LogP contribution >= 0.6 is 7.94 Å². The van der Waals surface area contributed by atoms with E-state index in [0.717, 1.165) is 0 Å². The van der Waals surface area contributed by atoms with Crippen LogP contribution in [0.3, 0.4) is 0 Å². The fraction of sp³-hybridized carbons (Fsp3) is 0.571. The SMILES string of the molecule is C=C(C)C(=O)OCCO[PH](C)(O)O. The molecule has 0 saturated carbocycles. The van der Waals surface area contributed by atoms with E-state index in [1.54, 1.807) is 0 Å². The van der Waals surface area contributed by atoms with Crippen molar-refractivity contribution in [1.29, 1.82) is 0 Å². The van der Waals surface area contributed by atoms with Crippen LogP contribution in [0.15, 0.2) is 12.2 Å². The number of hydrogen-bond acceptors (Lipinski definition) is 5. The first kappa shape index (κ1) is 12.5. The Morgan fingerprint density at radius 2 is 2.00 bits per heavy atom. The molecule has 0 atom stereocenters. The van der Waals surface area contributed by atoms with E-state index in [1.807, 2.05) is 0 Å². The summed E-state index contributed by atoms with van der Waals surface area (Å²) in [5.41, 5.74) is 0.299. The summed E-state index contributed by atoms with van der Waals surface area (Å²) in [7, 11) is -3.47. The fourth-order valence-corrected chi connectivity index (χ4v) is 0.963. The molecule has 0 spiro atoms. The van der Waals surface area contributed by atoms with Crippen molar-refractivity contribution in [1.82, 2.24) is 0 Å². The molecule has 0 saturated heterocycles. The molecule has 0 aliphatic rings. The molecule has 0 aromatic carbocycles. The first-order valence-corrected chi connectivity index (χ1v) is 6.04. The van der Waals surface area contributed by atoms with Gasteiger partial charge in [0.25, 0.3) is 0 Å². The zero-order valence-corrected chi connectivity index (χ0v) is 8.74. The van der Waals surface area contributed by atoms with Gasteiger partial charge in [0, 0.05) is 0 Å². The van der Waals surface area contributed by atoms with Gasteiger partial charge in [0.2, 0.25) is 0 Å². The number of rotatable bonds is 5. The van der Waals surface area contributed by atoms with Gasteiger partial charge in [-0.05, 0) is 0 Å². The number of esters is 1. The van der Waals surface area contributed by atoms with Crippen molar-refractivity contribution in [3.63, 3.8) is 0 Å². The van der Waals surface area contributed by atoms with Crippen molar-refractivity contribution in [3.8, 4) is 0 Å². The molecule has 0 radical (unpaired) electrons. The van der Waals surface area contributed by atoms with Gasteiger partial charge in [0.05, 0.1) is 0 Å². The molecule has 0 unspecified atom stereocenters. The first-order chi connectivity index (χ1) is 5.83. The minimum atomic E-state index is -3.47. The molecular formula is C7H15O5P. The van der Waals surface area contributed by atoms with Crippen molar-refractivity contribution < 1.29 is 23.8 Å². The minimum absolute atomic E-state index is 0.00456. The molecular weight excluding hydrogens is 195 g/mol. The Labute approximate surface area is 77.6 Å². The van der Waals surface area contributed by atoms with Crippen molar-refractivity contribution in [2.24, 2.45) is 0 Å². The Morgan fingerprint density at radius 3 is 2.38 bits per heavy atom. The van der Waals surface area contributed by atoms with Gasteiger partial charge in [-0.3, -0.25) is 0 Å². The van der Waals surface area contributed by atoms with Crippen LogP contribution in [0.5, 0.6) is 0 Å². The van der Waals surface area contributed by atoms with Gasteiger partial charge in [0.1, 0.15) is 0 Å². The molecule has 0 aromatic heterocycles. The number of hydrogen-bond donors (Lipinski definition) is 2. The van der Waals surface area contributed by atoms with Crippen molar-refractivity contribution in [2.45, 2.75) is 6.92 Å². The third kappa shape index (κ3) is 7.87. The predicted octanol–water partition coefficient (Wildman–Crippen LogP) is 0.232. The topological polar surface area (TPSA) is 76.0 Å². The van der Waals surface area contributed by atoms with Crippen molar-refractivity contribution >= 4 is 13.9 Å². The van der Waals surface area contributed by atoms with E-state index in [1.165, 1.54) is 13.6 Å². The van der Waals surface area contributed by atoms with Gasteiger partial charge in [0.15, 0.2) is 0 Å². The summed E-state index contributed by atoms with van der Waals surface area (Å²) >= 11 is 0. The zero-order chi connectivity index (χ0) is 10.5. The number of carbonyl (C=O) groups excluding carboxylic acids is 1. The van der Waals surface area contributed by atoms with Crippen molar-refractivity contribution in [3.05, 3.63) is 12.2 Å². The van der Waals surface area contributed by atoms with Gasteiger partial charge in [-0.1, -0.05) is 0 Å². The standard InChI is InChI=1S/C7H15O5P/c1-6(2)7(8)11-4-5-12-13(3,9)10/h9-10,13H,1,4-5H2,2-3H3. The third-order valence-electron chi connectivity index (χ3n) is 1.04. The zero-order valence-electron chi connectivity index (χ0n) is 7.74. The maximum absolute atomic E-state index is 10.8. The van der Waals surface area contributed by atoms with E-state index >= 15 is 0 Å². The molecule has 0 rings (SSSR count). The summed E-state index contributed by atoms with van der Waals surface area (Å²) in [5, 5.41) is 0. The Bertz CT molecular complexity index is 196. The number of ether oxygens (including phenoxy) is 1. The summed E-state index contributed by atoms with van der Waals surface area (Å²) in [6.45, 7) is 6.08. The Morgan fingerprint density at radius 1 is 1.46 bits per heavy atom. The Kier molecular flexibility index (Phi) is 5.10. The monoisotopic (exact) mass is 210 g/mol. The molecule has 13 heavy (non-hydrogen) atoms. The van der Waals surface area contributed by atoms with Crippen LogP contribution in [-0.4, -0.2) is 35.6 Å². The van der Waals surface area contributed by atoms with Crippen LogP contribution in [-0.2, 0) is 14.1 Å². The van der Waals surface area contributed by atoms with Crippen LogP contribution < -0.4 is 0 Å². The molecule has 0 aliphatic heterocycles. The van der Waals surface area contributed by atoms with Crippen LogP contribution in [0, 0.1) is 0 Å². The van der Waals surface area contributed by atoms with Gasteiger partial charge >= 0.3 is 76.7 Å². The van der Waals surface area contributed by atoms with E-state index in [0.29, 0.717) is 5.57 Å². The van der Waals surface area contributed by atoms with E-state index in [2.05, 4.69) is 15.8 Å². The molecule has 78 valence electrons. The van der Waals surface area contributed by atoms with Gasteiger partial charge < -0.3 is 0 Å². The predicted molar refractivity (Wildman–Crippen MR) is 50.4 cm³/mol. The molecule has 2 N–H and O–H groups in total. The summed E-state index contributed by atoms with van der Waals surface area (Å²) in [6.07, 6.45) is 0. The normalized spacial score (nSPS) is 12.3. The van der Waals surface area contributed by atoms with Crippen molar-refractivity contribution in [2.75, 3.05) is 19.9 Å². The molecule has 0 amide bonds. The van der Waals surface area contributed by atoms with Gasteiger partial charge in [-0.2, -0.15) is 0 Å². The summed E-state index contributed by atoms with van der Waals surface area (Å²) in [5.74, 6) is -0.511.